The smallest absolute Gasteiger partial charge is 0.327 e. The first-order chi connectivity index (χ1) is 29.4. The van der Waals surface area contributed by atoms with Crippen LogP contribution in [0.5, 0.6) is 23.0 Å². The Balaban J connectivity index is 0.000000435. The molecule has 0 saturated heterocycles. The first-order valence-corrected chi connectivity index (χ1v) is 24.2. The number of ether oxygens (including phenoxy) is 4. The molecule has 0 spiro atoms. The summed E-state index contributed by atoms with van der Waals surface area (Å²) >= 11 is 3.38. The van der Waals surface area contributed by atoms with E-state index in [4.69, 9.17) is 18.9 Å². The van der Waals surface area contributed by atoms with Crippen molar-refractivity contribution >= 4 is 57.7 Å². The second kappa shape index (κ2) is 24.5. The van der Waals surface area contributed by atoms with Crippen LogP contribution in [0.3, 0.4) is 0 Å². The zero-order valence-corrected chi connectivity index (χ0v) is 46.7. The Kier molecular flexibility index (Phi) is 21.4. The van der Waals surface area contributed by atoms with E-state index in [-0.39, 0.29) is 80.0 Å². The van der Waals surface area contributed by atoms with E-state index in [1.165, 1.54) is 29.4 Å². The van der Waals surface area contributed by atoms with Crippen molar-refractivity contribution in [1.29, 1.82) is 0 Å². The van der Waals surface area contributed by atoms with Crippen molar-refractivity contribution in [3.8, 4) is 34.1 Å². The number of nitrogens with one attached hydrogen (secondary N) is 2. The van der Waals surface area contributed by atoms with Crippen LogP contribution in [0.25, 0.3) is 33.2 Å². The summed E-state index contributed by atoms with van der Waals surface area (Å²) < 4.78 is 88.9. The monoisotopic (exact) mass is 1350 g/mol. The Morgan fingerprint density at radius 2 is 1.06 bits per heavy atom. The summed E-state index contributed by atoms with van der Waals surface area (Å²) in [5.41, 5.74) is 3.60. The first kappa shape index (κ1) is 57.7. The molecular weight excluding hydrogens is 1300 g/mol. The topological polar surface area (TPSA) is 181 Å². The molecular formula is C46H52BrFN4O10S2W2-2. The summed E-state index contributed by atoms with van der Waals surface area (Å²) in [5, 5.41) is 0. The minimum Gasteiger partial charge on any atom is -0.493 e. The molecule has 66 heavy (non-hydrogen) atoms. The van der Waals surface area contributed by atoms with Gasteiger partial charge in [-0.15, -0.1) is 0 Å². The quantitative estimate of drug-likeness (QED) is 0.0951. The molecule has 356 valence electrons. The summed E-state index contributed by atoms with van der Waals surface area (Å²) in [5.74, 6) is 1.09. The van der Waals surface area contributed by atoms with Crippen LogP contribution in [0.4, 0.5) is 4.39 Å². The standard InChI is InChI=1S/C25H25FN2O5S.C19H21BrN2O5S.2CH3.2W/c1-4-33-24-14-17(10-12-23(24)32-2)22(15-34(3,30)31)28-21-11-9-16(13-20(21)27-25(28)29)18-7-5-6-8-19(18)26;1-4-27-18-9-12(5-8-17(18)26-2)16(11-28(3,24)25)22-15-7-6-13(20)10-14(15)21-19(22)23;;;;/h5-14,22H,4,15H2,1-3H3,(H,27,29);5-10,16H,4,11H2,1-3H3,(H,21,23);2*1H3;;/q;;2*-1;;/t22-;16-;;;;/m11..../s1. The van der Waals surface area contributed by atoms with Crippen LogP contribution in [0.2, 0.25) is 0 Å². The molecule has 0 amide bonds. The Labute approximate surface area is 421 Å². The van der Waals surface area contributed by atoms with E-state index < -0.39 is 37.4 Å². The molecule has 0 saturated carbocycles. The van der Waals surface area contributed by atoms with Crippen molar-refractivity contribution in [2.24, 2.45) is 0 Å². The molecule has 0 radical (unpaired) electrons. The second-order valence-electron chi connectivity index (χ2n) is 14.4. The molecule has 20 heteroatoms. The summed E-state index contributed by atoms with van der Waals surface area (Å²) in [6.45, 7) is 4.50. The molecule has 0 fully saturated rings. The number of halogens is 2. The van der Waals surface area contributed by atoms with Crippen molar-refractivity contribution in [3.63, 3.8) is 0 Å². The number of H-pyrrole nitrogens is 2. The number of sulfone groups is 2. The Bertz CT molecular complexity index is 3100. The zero-order chi connectivity index (χ0) is 44.9. The molecule has 0 aliphatic heterocycles. The molecule has 2 aromatic heterocycles. The number of nitrogens with zero attached hydrogens (tertiary/aromatic N) is 2. The molecule has 7 aromatic rings. The normalized spacial score (nSPS) is 11.9. The summed E-state index contributed by atoms with van der Waals surface area (Å²) in [6, 6.07) is 25.6. The number of benzene rings is 5. The van der Waals surface area contributed by atoms with Crippen LogP contribution in [0.15, 0.2) is 111 Å². The van der Waals surface area contributed by atoms with Crippen LogP contribution < -0.4 is 30.3 Å². The maximum atomic E-state index is 14.3. The fourth-order valence-electron chi connectivity index (χ4n) is 7.27. The number of hydrogen-bond acceptors (Lipinski definition) is 10. The minimum atomic E-state index is -3.48. The first-order valence-electron chi connectivity index (χ1n) is 19.3. The molecule has 2 atom stereocenters. The Hall–Kier alpha value is -4.47. The number of hydrogen-bond donors (Lipinski definition) is 2. The van der Waals surface area contributed by atoms with Gasteiger partial charge in [-0.3, -0.25) is 9.13 Å². The van der Waals surface area contributed by atoms with Gasteiger partial charge in [0.25, 0.3) is 0 Å². The summed E-state index contributed by atoms with van der Waals surface area (Å²) in [7, 11) is -3.81. The molecule has 0 unspecified atom stereocenters. The predicted octanol–water partition coefficient (Wildman–Crippen LogP) is 8.21. The van der Waals surface area contributed by atoms with Crippen molar-refractivity contribution in [2.75, 3.05) is 51.5 Å². The molecule has 14 nitrogen and oxygen atoms in total. The average molecular weight is 1350 g/mol. The van der Waals surface area contributed by atoms with E-state index in [9.17, 15) is 30.8 Å². The van der Waals surface area contributed by atoms with E-state index in [2.05, 4.69) is 25.9 Å². The van der Waals surface area contributed by atoms with Gasteiger partial charge in [-0.25, -0.2) is 30.8 Å². The summed E-state index contributed by atoms with van der Waals surface area (Å²) in [6.07, 6.45) is 2.28. The van der Waals surface area contributed by atoms with Crippen LogP contribution in [0.1, 0.15) is 37.1 Å². The van der Waals surface area contributed by atoms with Gasteiger partial charge in [-0.2, -0.15) is 0 Å². The van der Waals surface area contributed by atoms with Crippen LogP contribution in [-0.2, 0) is 61.8 Å². The predicted molar refractivity (Wildman–Crippen MR) is 255 cm³/mol. The van der Waals surface area contributed by atoms with Crippen molar-refractivity contribution in [1.82, 2.24) is 19.1 Å². The number of methoxy groups -OCH3 is 2. The molecule has 7 rings (SSSR count). The maximum Gasteiger partial charge on any atom is 0.327 e. The van der Waals surface area contributed by atoms with Gasteiger partial charge < -0.3 is 43.8 Å². The molecule has 2 N–H and O–H groups in total. The number of fused-ring (bicyclic) bond motifs is 2. The van der Waals surface area contributed by atoms with Gasteiger partial charge in [0.1, 0.15) is 25.5 Å². The third-order valence-electron chi connectivity index (χ3n) is 9.87. The van der Waals surface area contributed by atoms with Crippen LogP contribution >= 0.6 is 15.9 Å². The Morgan fingerprint density at radius 3 is 1.48 bits per heavy atom. The van der Waals surface area contributed by atoms with E-state index >= 15 is 0 Å². The molecule has 0 aliphatic carbocycles. The van der Waals surface area contributed by atoms with Crippen molar-refractivity contribution < 1.29 is 82.3 Å². The molecule has 2 heterocycles. The third kappa shape index (κ3) is 13.6. The van der Waals surface area contributed by atoms with Gasteiger partial charge in [0.15, 0.2) is 23.0 Å². The fraction of sp³-hybridized carbons (Fsp3) is 0.261. The van der Waals surface area contributed by atoms with Crippen molar-refractivity contribution in [2.45, 2.75) is 25.9 Å². The second-order valence-corrected chi connectivity index (χ2v) is 19.7. The number of rotatable bonds is 15. The maximum absolute atomic E-state index is 14.3. The summed E-state index contributed by atoms with van der Waals surface area (Å²) in [4.78, 5) is 31.4. The van der Waals surface area contributed by atoms with E-state index in [1.807, 2.05) is 19.9 Å². The average Bonchev–Trinajstić information content (AvgIpc) is 3.72. The molecule has 0 bridgehead atoms. The molecule has 5 aromatic carbocycles. The Morgan fingerprint density at radius 1 is 0.621 bits per heavy atom. The van der Waals surface area contributed by atoms with Crippen molar-refractivity contribution in [3.05, 3.63) is 154 Å². The third-order valence-corrected chi connectivity index (χ3v) is 12.2. The van der Waals surface area contributed by atoms with Gasteiger partial charge in [-0.1, -0.05) is 52.3 Å². The number of aromatic amines is 2. The zero-order valence-electron chi connectivity index (χ0n) is 37.6. The van der Waals surface area contributed by atoms with E-state index in [0.29, 0.717) is 80.5 Å². The van der Waals surface area contributed by atoms with E-state index in [1.54, 1.807) is 84.9 Å². The van der Waals surface area contributed by atoms with Crippen LogP contribution in [-0.4, -0.2) is 87.4 Å². The molecule has 0 aliphatic rings. The largest absolute Gasteiger partial charge is 0.493 e. The van der Waals surface area contributed by atoms with Gasteiger partial charge >= 0.3 is 11.4 Å². The fourth-order valence-corrected chi connectivity index (χ4v) is 9.46. The van der Waals surface area contributed by atoms with Crippen LogP contribution in [0, 0.1) is 20.7 Å². The number of imidazole rings is 2. The minimum absolute atomic E-state index is 0. The van der Waals surface area contributed by atoms with Gasteiger partial charge in [-0.05, 0) is 91.2 Å². The van der Waals surface area contributed by atoms with E-state index in [0.717, 1.165) is 17.0 Å². The van der Waals surface area contributed by atoms with Gasteiger partial charge in [0.05, 0.1) is 73.1 Å². The van der Waals surface area contributed by atoms with Gasteiger partial charge in [0, 0.05) is 64.7 Å². The SMILES string of the molecule is CCOc1cc([C@@H](CS(C)(=O)=O)n2c(=O)[nH]c3cc(-c4ccccc4F)ccc32)ccc1OC.CCOc1cc([C@@H](CS(C)(=O)=O)n2c(=O)[nH]c3cc(Br)ccc32)ccc1OC.[CH3-].[CH3-].[W].[W]. The number of aromatic nitrogens is 4. The van der Waals surface area contributed by atoms with Gasteiger partial charge in [0.2, 0.25) is 0 Å².